The summed E-state index contributed by atoms with van der Waals surface area (Å²) in [5.41, 5.74) is 1.01. The molecule has 1 aliphatic heterocycles. The molecular weight excluding hydrogens is 284 g/mol. The van der Waals surface area contributed by atoms with Crippen molar-refractivity contribution in [2.24, 2.45) is 0 Å². The van der Waals surface area contributed by atoms with Crippen LogP contribution in [0.25, 0.3) is 0 Å². The molecule has 0 radical (unpaired) electrons. The van der Waals surface area contributed by atoms with E-state index in [-0.39, 0.29) is 23.1 Å². The summed E-state index contributed by atoms with van der Waals surface area (Å²) in [5.74, 6) is -0.0838. The molecule has 2 aromatic rings. The molecule has 7 heteroatoms. The van der Waals surface area contributed by atoms with Crippen LogP contribution in [0.2, 0.25) is 0 Å². The Bertz CT molecular complexity index is 684. The first-order chi connectivity index (χ1) is 10.7. The number of H-pyrrole nitrogens is 1. The Morgan fingerprint density at radius 3 is 2.91 bits per heavy atom. The van der Waals surface area contributed by atoms with Gasteiger partial charge in [0.1, 0.15) is 5.56 Å². The third-order valence-corrected chi connectivity index (χ3v) is 4.00. The molecule has 7 nitrogen and oxygen atoms in total. The van der Waals surface area contributed by atoms with Crippen LogP contribution < -0.4 is 0 Å². The molecule has 0 spiro atoms. The van der Waals surface area contributed by atoms with Crippen molar-refractivity contribution in [1.29, 1.82) is 0 Å². The second-order valence-corrected chi connectivity index (χ2v) is 5.38. The van der Waals surface area contributed by atoms with Crippen LogP contribution >= 0.6 is 0 Å². The highest BCUT2D eigenvalue weighted by Crippen LogP contribution is 2.28. The van der Waals surface area contributed by atoms with Crippen molar-refractivity contribution in [3.8, 4) is 0 Å². The Morgan fingerprint density at radius 2 is 2.18 bits per heavy atom. The van der Waals surface area contributed by atoms with Gasteiger partial charge >= 0.3 is 0 Å². The Morgan fingerprint density at radius 1 is 1.36 bits per heavy atom. The Kier molecular flexibility index (Phi) is 3.86. The van der Waals surface area contributed by atoms with Gasteiger partial charge in [-0.1, -0.05) is 12.1 Å². The second kappa shape index (κ2) is 5.97. The SMILES string of the molecule is O=C(c1ccccc1[N+](=O)[O-])N1CCC[C@H](c2ccn[nH]2)C1. The summed E-state index contributed by atoms with van der Waals surface area (Å²) in [5, 5.41) is 18.0. The van der Waals surface area contributed by atoms with Gasteiger partial charge in [-0.05, 0) is 25.0 Å². The van der Waals surface area contributed by atoms with Crippen molar-refractivity contribution in [1.82, 2.24) is 15.1 Å². The van der Waals surface area contributed by atoms with Crippen molar-refractivity contribution >= 4 is 11.6 Å². The van der Waals surface area contributed by atoms with Crippen LogP contribution in [0.3, 0.4) is 0 Å². The van der Waals surface area contributed by atoms with Crippen molar-refractivity contribution in [2.75, 3.05) is 13.1 Å². The van der Waals surface area contributed by atoms with E-state index >= 15 is 0 Å². The number of carbonyl (C=O) groups excluding carboxylic acids is 1. The molecule has 0 saturated carbocycles. The molecule has 3 rings (SSSR count). The quantitative estimate of drug-likeness (QED) is 0.695. The number of hydrogen-bond donors (Lipinski definition) is 1. The number of nitro benzene ring substituents is 1. The Balaban J connectivity index is 1.82. The number of hydrogen-bond acceptors (Lipinski definition) is 4. The van der Waals surface area contributed by atoms with Gasteiger partial charge in [0.2, 0.25) is 0 Å². The van der Waals surface area contributed by atoms with Gasteiger partial charge < -0.3 is 4.90 Å². The molecule has 1 N–H and O–H groups in total. The van der Waals surface area contributed by atoms with E-state index in [0.717, 1.165) is 18.5 Å². The minimum Gasteiger partial charge on any atom is -0.338 e. The van der Waals surface area contributed by atoms with Gasteiger partial charge in [-0.15, -0.1) is 0 Å². The number of nitro groups is 1. The number of benzene rings is 1. The predicted octanol–water partition coefficient (Wildman–Crippen LogP) is 2.34. The van der Waals surface area contributed by atoms with E-state index in [1.807, 2.05) is 6.07 Å². The molecule has 1 aromatic carbocycles. The van der Waals surface area contributed by atoms with E-state index in [9.17, 15) is 14.9 Å². The average molecular weight is 300 g/mol. The number of rotatable bonds is 3. The number of aromatic amines is 1. The first-order valence-electron chi connectivity index (χ1n) is 7.19. The molecular formula is C15H16N4O3. The lowest BCUT2D eigenvalue weighted by atomic mass is 9.94. The summed E-state index contributed by atoms with van der Waals surface area (Å²) in [7, 11) is 0. The van der Waals surface area contributed by atoms with Crippen molar-refractivity contribution in [3.05, 3.63) is 57.9 Å². The number of amides is 1. The Labute approximate surface area is 127 Å². The van der Waals surface area contributed by atoms with Crippen LogP contribution in [-0.4, -0.2) is 39.0 Å². The molecule has 0 bridgehead atoms. The predicted molar refractivity (Wildman–Crippen MR) is 79.6 cm³/mol. The van der Waals surface area contributed by atoms with Crippen LogP contribution in [0.15, 0.2) is 36.5 Å². The van der Waals surface area contributed by atoms with E-state index in [1.54, 1.807) is 23.2 Å². The highest BCUT2D eigenvalue weighted by Gasteiger charge is 2.29. The highest BCUT2D eigenvalue weighted by molar-refractivity contribution is 5.98. The van der Waals surface area contributed by atoms with Gasteiger partial charge in [0.25, 0.3) is 11.6 Å². The molecule has 22 heavy (non-hydrogen) atoms. The highest BCUT2D eigenvalue weighted by atomic mass is 16.6. The molecule has 1 aliphatic rings. The molecule has 1 saturated heterocycles. The fraction of sp³-hybridized carbons (Fsp3) is 0.333. The zero-order chi connectivity index (χ0) is 15.5. The van der Waals surface area contributed by atoms with Crippen LogP contribution in [0, 0.1) is 10.1 Å². The number of piperidine rings is 1. The first-order valence-corrected chi connectivity index (χ1v) is 7.19. The largest absolute Gasteiger partial charge is 0.338 e. The molecule has 1 atom stereocenters. The molecule has 2 heterocycles. The van der Waals surface area contributed by atoms with E-state index in [4.69, 9.17) is 0 Å². The van der Waals surface area contributed by atoms with Crippen LogP contribution in [0.4, 0.5) is 5.69 Å². The summed E-state index contributed by atoms with van der Waals surface area (Å²) in [6.45, 7) is 1.17. The van der Waals surface area contributed by atoms with Crippen molar-refractivity contribution < 1.29 is 9.72 Å². The minimum atomic E-state index is -0.510. The number of carbonyl (C=O) groups is 1. The third kappa shape index (κ3) is 2.69. The van der Waals surface area contributed by atoms with Crippen molar-refractivity contribution in [3.63, 3.8) is 0 Å². The fourth-order valence-electron chi connectivity index (χ4n) is 2.89. The smallest absolute Gasteiger partial charge is 0.282 e. The maximum atomic E-state index is 12.6. The summed E-state index contributed by atoms with van der Waals surface area (Å²) < 4.78 is 0. The number of aromatic nitrogens is 2. The number of nitrogens with one attached hydrogen (secondary N) is 1. The standard InChI is InChI=1S/C15H16N4O3/c20-15(12-5-1-2-6-14(12)19(21)22)18-9-3-4-11(10-18)13-7-8-16-17-13/h1-2,5-8,11H,3-4,9-10H2,(H,16,17)/t11-/m0/s1. The number of nitrogens with zero attached hydrogens (tertiary/aromatic N) is 3. The van der Waals surface area contributed by atoms with Crippen LogP contribution in [0.5, 0.6) is 0 Å². The van der Waals surface area contributed by atoms with Gasteiger partial charge in [0.05, 0.1) is 4.92 Å². The van der Waals surface area contributed by atoms with Gasteiger partial charge in [-0.25, -0.2) is 0 Å². The summed E-state index contributed by atoms with van der Waals surface area (Å²) in [6.07, 6.45) is 3.54. The second-order valence-electron chi connectivity index (χ2n) is 5.38. The first kappa shape index (κ1) is 14.2. The fourth-order valence-corrected chi connectivity index (χ4v) is 2.89. The molecule has 0 unspecified atom stereocenters. The van der Waals surface area contributed by atoms with Gasteiger partial charge in [0, 0.05) is 37.0 Å². The molecule has 114 valence electrons. The van der Waals surface area contributed by atoms with E-state index in [2.05, 4.69) is 10.2 Å². The molecule has 1 aromatic heterocycles. The Hall–Kier alpha value is -2.70. The molecule has 1 amide bonds. The molecule has 1 fully saturated rings. The lowest BCUT2D eigenvalue weighted by molar-refractivity contribution is -0.385. The number of likely N-dealkylation sites (tertiary alicyclic amines) is 1. The zero-order valence-corrected chi connectivity index (χ0v) is 11.9. The monoisotopic (exact) mass is 300 g/mol. The normalized spacial score (nSPS) is 18.2. The van der Waals surface area contributed by atoms with E-state index < -0.39 is 4.92 Å². The minimum absolute atomic E-state index is 0.142. The maximum absolute atomic E-state index is 12.6. The lowest BCUT2D eigenvalue weighted by Crippen LogP contribution is -2.39. The summed E-state index contributed by atoms with van der Waals surface area (Å²) in [6, 6.07) is 8.00. The van der Waals surface area contributed by atoms with Crippen molar-refractivity contribution in [2.45, 2.75) is 18.8 Å². The van der Waals surface area contributed by atoms with E-state index in [0.29, 0.717) is 13.1 Å². The zero-order valence-electron chi connectivity index (χ0n) is 11.9. The average Bonchev–Trinajstić information content (AvgIpc) is 3.09. The van der Waals surface area contributed by atoms with Gasteiger partial charge in [0.15, 0.2) is 0 Å². The third-order valence-electron chi connectivity index (χ3n) is 4.00. The lowest BCUT2D eigenvalue weighted by Gasteiger charge is -2.32. The summed E-state index contributed by atoms with van der Waals surface area (Å²) >= 11 is 0. The van der Waals surface area contributed by atoms with Crippen LogP contribution in [0.1, 0.15) is 34.8 Å². The van der Waals surface area contributed by atoms with E-state index in [1.165, 1.54) is 12.1 Å². The number of para-hydroxylation sites is 1. The van der Waals surface area contributed by atoms with Crippen LogP contribution in [-0.2, 0) is 0 Å². The topological polar surface area (TPSA) is 92.1 Å². The van der Waals surface area contributed by atoms with Gasteiger partial charge in [-0.2, -0.15) is 5.10 Å². The maximum Gasteiger partial charge on any atom is 0.282 e. The summed E-state index contributed by atoms with van der Waals surface area (Å²) in [4.78, 5) is 24.9. The van der Waals surface area contributed by atoms with Gasteiger partial charge in [-0.3, -0.25) is 20.0 Å². The molecule has 0 aliphatic carbocycles.